The predicted octanol–water partition coefficient (Wildman–Crippen LogP) is 2.82. The number of carbonyl (C=O) groups excluding carboxylic acids is 12. The van der Waals surface area contributed by atoms with Gasteiger partial charge in [0.2, 0.25) is 59.1 Å². The van der Waals surface area contributed by atoms with Gasteiger partial charge >= 0.3 is 0 Å². The van der Waals surface area contributed by atoms with Crippen LogP contribution in [0.1, 0.15) is 169 Å². The van der Waals surface area contributed by atoms with E-state index in [4.69, 9.17) is 0 Å². The van der Waals surface area contributed by atoms with Crippen molar-refractivity contribution < 1.29 is 62.6 Å². The first kappa shape index (κ1) is 77.8. The number of nitrogens with one attached hydrogen (secondary N) is 4. The van der Waals surface area contributed by atoms with E-state index in [0.717, 1.165) is 21.1 Å². The molecule has 0 bridgehead atoms. The number of amides is 11. The molecule has 0 radical (unpaired) electrons. The van der Waals surface area contributed by atoms with Crippen LogP contribution in [0.2, 0.25) is 0 Å². The minimum atomic E-state index is -1.80. The van der Waals surface area contributed by atoms with Crippen molar-refractivity contribution in [2.24, 2.45) is 35.5 Å². The number of likely N-dealkylation sites (N-methyl/N-ethyl adjacent to an activating group) is 7. The summed E-state index contributed by atoms with van der Waals surface area (Å²) in [5.74, 6) is -11.2. The molecule has 0 unspecified atom stereocenters. The summed E-state index contributed by atoms with van der Waals surface area (Å²) in [6.07, 6.45) is 1.76. The molecule has 24 nitrogen and oxygen atoms in total. The highest BCUT2D eigenvalue weighted by Crippen LogP contribution is 2.25. The lowest BCUT2D eigenvalue weighted by Gasteiger charge is -2.40. The molecule has 1 fully saturated rings. The topological polar surface area (TPSA) is 296 Å². The lowest BCUT2D eigenvalue weighted by molar-refractivity contribution is -0.157. The Bertz CT molecular complexity index is 2370. The zero-order chi connectivity index (χ0) is 66.9. The summed E-state index contributed by atoms with van der Waals surface area (Å²) in [7, 11) is 9.59. The summed E-state index contributed by atoms with van der Waals surface area (Å²) < 4.78 is 0. The molecule has 11 atom stereocenters. The number of hydrogen-bond acceptors (Lipinski definition) is 13. The van der Waals surface area contributed by atoms with Crippen molar-refractivity contribution in [3.63, 3.8) is 0 Å². The summed E-state index contributed by atoms with van der Waals surface area (Å²) in [5.41, 5.74) is -1.55. The molecule has 0 aromatic carbocycles. The molecular weight excluding hydrogens is 1110 g/mol. The lowest BCUT2D eigenvalue weighted by Crippen LogP contribution is -2.63. The van der Waals surface area contributed by atoms with Crippen LogP contribution >= 0.6 is 0 Å². The molecule has 0 spiro atoms. The molecule has 1 aliphatic heterocycles. The highest BCUT2D eigenvalue weighted by Gasteiger charge is 2.46. The van der Waals surface area contributed by atoms with Gasteiger partial charge in [-0.15, -0.1) is 0 Å². The van der Waals surface area contributed by atoms with Gasteiger partial charge in [0, 0.05) is 61.7 Å². The molecule has 24 heteroatoms. The fourth-order valence-electron chi connectivity index (χ4n) is 10.7. The van der Waals surface area contributed by atoms with Crippen LogP contribution in [0.4, 0.5) is 0 Å². The minimum Gasteiger partial charge on any atom is -0.390 e. The fraction of sp³-hybridized carbons (Fsp3) is 0.806. The van der Waals surface area contributed by atoms with Crippen LogP contribution in [0.25, 0.3) is 0 Å². The van der Waals surface area contributed by atoms with Crippen LogP contribution in [0.15, 0.2) is 0 Å². The Morgan fingerprint density at radius 1 is 0.512 bits per heavy atom. The Kier molecular flexibility index (Phi) is 31.1. The van der Waals surface area contributed by atoms with E-state index in [1.807, 2.05) is 48.5 Å². The quantitative estimate of drug-likeness (QED) is 0.139. The normalized spacial score (nSPS) is 26.3. The van der Waals surface area contributed by atoms with Gasteiger partial charge in [-0.3, -0.25) is 57.5 Å². The van der Waals surface area contributed by atoms with Crippen molar-refractivity contribution >= 4 is 70.8 Å². The first-order chi connectivity index (χ1) is 39.5. The molecule has 1 aliphatic rings. The Morgan fingerprint density at radius 3 is 1.42 bits per heavy atom. The fourth-order valence-corrected chi connectivity index (χ4v) is 10.7. The molecule has 1 saturated heterocycles. The van der Waals surface area contributed by atoms with E-state index in [1.165, 1.54) is 96.6 Å². The van der Waals surface area contributed by atoms with Crippen molar-refractivity contribution in [2.45, 2.75) is 235 Å². The maximum Gasteiger partial charge on any atom is 0.251 e. The number of Topliss-reactive ketones (excluding diaryl/α,β-unsaturated/α-hetero) is 1. The smallest absolute Gasteiger partial charge is 0.251 e. The summed E-state index contributed by atoms with van der Waals surface area (Å²) in [5, 5.41) is 21.9. The van der Waals surface area contributed by atoms with Crippen LogP contribution in [-0.4, -0.2) is 232 Å². The number of ketones is 1. The van der Waals surface area contributed by atoms with Gasteiger partial charge in [0.05, 0.1) is 12.1 Å². The first-order valence-electron chi connectivity index (χ1n) is 30.8. The molecule has 1 heterocycles. The molecule has 5 N–H and O–H groups in total. The third-order valence-corrected chi connectivity index (χ3v) is 16.1. The molecule has 0 aliphatic carbocycles. The number of carbonyl (C=O) groups is 12. The Morgan fingerprint density at radius 2 is 0.965 bits per heavy atom. The van der Waals surface area contributed by atoms with Crippen molar-refractivity contribution in [1.29, 1.82) is 0 Å². The van der Waals surface area contributed by atoms with Gasteiger partial charge in [-0.1, -0.05) is 103 Å². The van der Waals surface area contributed by atoms with Crippen LogP contribution < -0.4 is 21.3 Å². The number of rotatable bonds is 16. The average Bonchev–Trinajstić information content (AvgIpc) is 3.54. The largest absolute Gasteiger partial charge is 0.390 e. The minimum absolute atomic E-state index is 0.0320. The third-order valence-electron chi connectivity index (χ3n) is 16.1. The number of aliphatic hydroxyl groups is 1. The van der Waals surface area contributed by atoms with E-state index in [9.17, 15) is 53.1 Å². The Labute approximate surface area is 513 Å². The highest BCUT2D eigenvalue weighted by molar-refractivity contribution is 6.10. The summed E-state index contributed by atoms with van der Waals surface area (Å²) >= 11 is 0. The monoisotopic (exact) mass is 1220 g/mol. The Hall–Kier alpha value is -6.20. The predicted molar refractivity (Wildman–Crippen MR) is 329 cm³/mol. The Balaban J connectivity index is 4.35. The lowest BCUT2D eigenvalue weighted by atomic mass is 9.91. The van der Waals surface area contributed by atoms with E-state index in [1.54, 1.807) is 41.5 Å². The number of hydrogen-bond donors (Lipinski definition) is 5. The molecule has 0 aromatic heterocycles. The first-order valence-corrected chi connectivity index (χ1v) is 30.8. The van der Waals surface area contributed by atoms with E-state index in [-0.39, 0.29) is 49.9 Å². The number of nitrogens with zero attached hydrogens (tertiary/aromatic N) is 7. The molecule has 86 heavy (non-hydrogen) atoms. The molecule has 11 amide bonds. The maximum absolute atomic E-state index is 15.1. The second-order valence-electron chi connectivity index (χ2n) is 26.6. The molecule has 1 rings (SSSR count). The van der Waals surface area contributed by atoms with Gasteiger partial charge in [0.15, 0.2) is 11.8 Å². The summed E-state index contributed by atoms with van der Waals surface area (Å²) in [6.45, 7) is 28.1. The third kappa shape index (κ3) is 21.9. The maximum atomic E-state index is 15.1. The van der Waals surface area contributed by atoms with Gasteiger partial charge in [-0.25, -0.2) is 0 Å². The second kappa shape index (κ2) is 34.4. The van der Waals surface area contributed by atoms with Crippen molar-refractivity contribution in [2.75, 3.05) is 55.9 Å². The standard InChI is InChI=1S/C62H111N11O13/c1-25-27-28-39(13)51(75)50-55(79)65-42(26-2)57(81)67(18)33-47(74)68(19)46(32-62(16,17)86)54(78)66-48(37(9)10)60(84)69(20)43(29-34(3)4)53(77)63-40(14)52(76)64-41(15)56(80)70(21)44(30-35(5)6)58(82)71(22)45(31-36(7)8)59(83)72(23)49(38(11)12)61(85)73(50)24/h34-46,48-50,86H,25-33H2,1-24H3,(H,63,77)(H,64,76)(H,65,79)(H,66,78)/t39-,40+,41-,42+,43+,44+,45+,46+,48+,49+,50+/m1/s1. The molecule has 0 aromatic rings. The van der Waals surface area contributed by atoms with Gasteiger partial charge in [-0.2, -0.15) is 0 Å². The van der Waals surface area contributed by atoms with Gasteiger partial charge in [0.1, 0.15) is 54.4 Å². The van der Waals surface area contributed by atoms with E-state index in [2.05, 4.69) is 21.3 Å². The van der Waals surface area contributed by atoms with Crippen molar-refractivity contribution in [3.05, 3.63) is 0 Å². The number of unbranched alkanes of at least 4 members (excludes halogenated alkanes) is 1. The zero-order valence-electron chi connectivity index (χ0n) is 56.6. The second-order valence-corrected chi connectivity index (χ2v) is 26.6. The zero-order valence-corrected chi connectivity index (χ0v) is 56.6. The van der Waals surface area contributed by atoms with Gasteiger partial charge < -0.3 is 60.7 Å². The van der Waals surface area contributed by atoms with Crippen LogP contribution in [0.5, 0.6) is 0 Å². The highest BCUT2D eigenvalue weighted by atomic mass is 16.3. The van der Waals surface area contributed by atoms with Crippen molar-refractivity contribution in [3.8, 4) is 0 Å². The van der Waals surface area contributed by atoms with E-state index < -0.39 is 161 Å². The summed E-state index contributed by atoms with van der Waals surface area (Å²) in [6, 6.07) is -13.2. The average molecular weight is 1220 g/mol. The van der Waals surface area contributed by atoms with Crippen LogP contribution in [0.3, 0.4) is 0 Å². The molecule has 492 valence electrons. The van der Waals surface area contributed by atoms with Gasteiger partial charge in [-0.05, 0) is 89.4 Å². The van der Waals surface area contributed by atoms with E-state index in [0.29, 0.717) is 12.8 Å². The SMILES string of the molecule is CCCC[C@@H](C)C(=O)[C@H]1C(=O)N[C@@H](CC)C(=O)N(C)CC(=O)N(C)[C@@H](CC(C)(C)O)C(=O)N[C@@H](C(C)C)C(=O)N(C)[C@@H](CC(C)C)C(=O)N[C@@H](C)C(=O)N[C@H](C)C(=O)N(C)[C@@H](CC(C)C)C(=O)N(C)[C@@H](CC(C)C)C(=O)N(C)[C@@H](C(C)C)C(=O)N1C. The molecule has 0 saturated carbocycles. The summed E-state index contributed by atoms with van der Waals surface area (Å²) in [4.78, 5) is 183. The van der Waals surface area contributed by atoms with Crippen LogP contribution in [-0.2, 0) is 57.5 Å². The van der Waals surface area contributed by atoms with Gasteiger partial charge in [0.25, 0.3) is 5.91 Å². The van der Waals surface area contributed by atoms with Crippen molar-refractivity contribution in [1.82, 2.24) is 55.6 Å². The molecular formula is C62H111N11O13. The van der Waals surface area contributed by atoms with Crippen LogP contribution in [0, 0.1) is 35.5 Å². The van der Waals surface area contributed by atoms with E-state index >= 15 is 9.59 Å².